The van der Waals surface area contributed by atoms with E-state index in [9.17, 15) is 18.3 Å². The molecule has 3 aromatic rings. The van der Waals surface area contributed by atoms with Crippen LogP contribution >= 0.6 is 0 Å². The summed E-state index contributed by atoms with van der Waals surface area (Å²) in [7, 11) is 0. The van der Waals surface area contributed by atoms with Crippen molar-refractivity contribution < 1.29 is 18.3 Å². The van der Waals surface area contributed by atoms with E-state index in [0.717, 1.165) is 42.8 Å². The Labute approximate surface area is 159 Å². The number of alkyl halides is 3. The molecule has 144 valence electrons. The molecule has 4 rings (SSSR count). The molecule has 2 N–H and O–H groups in total. The van der Waals surface area contributed by atoms with Gasteiger partial charge in [-0.1, -0.05) is 6.07 Å². The number of fused-ring (bicyclic) bond motifs is 1. The highest BCUT2D eigenvalue weighted by molar-refractivity contribution is 5.69. The minimum atomic E-state index is -4.37. The van der Waals surface area contributed by atoms with Crippen LogP contribution in [0, 0.1) is 0 Å². The highest BCUT2D eigenvalue weighted by Gasteiger charge is 2.30. The lowest BCUT2D eigenvalue weighted by Gasteiger charge is -2.30. The smallest absolute Gasteiger partial charge is 0.416 e. The third kappa shape index (κ3) is 3.58. The molecule has 2 aromatic carbocycles. The molecule has 1 aliphatic heterocycles. The van der Waals surface area contributed by atoms with Crippen molar-refractivity contribution in [2.75, 3.05) is 16.8 Å². The zero-order valence-electron chi connectivity index (χ0n) is 14.7. The zero-order valence-corrected chi connectivity index (χ0v) is 14.7. The van der Waals surface area contributed by atoms with E-state index < -0.39 is 11.7 Å². The van der Waals surface area contributed by atoms with Crippen molar-refractivity contribution in [1.82, 2.24) is 9.97 Å². The monoisotopic (exact) mass is 386 g/mol. The standard InChI is InChI=1S/C20H17F3N4O/c21-20(22,23)13-6-8-14(9-7-13)25-19-24-11-10-18(26-19)27-12-2-3-15-16(27)4-1-5-17(15)28/h1,4-11,28H,2-3,12H2,(H,24,25,26). The van der Waals surface area contributed by atoms with Gasteiger partial charge in [-0.05, 0) is 55.3 Å². The molecule has 28 heavy (non-hydrogen) atoms. The molecule has 5 nitrogen and oxygen atoms in total. The maximum Gasteiger partial charge on any atom is 0.416 e. The number of rotatable bonds is 3. The van der Waals surface area contributed by atoms with Crippen LogP contribution in [0.15, 0.2) is 54.7 Å². The molecule has 2 heterocycles. The van der Waals surface area contributed by atoms with E-state index in [4.69, 9.17) is 0 Å². The second-order valence-corrected chi connectivity index (χ2v) is 6.47. The Balaban J connectivity index is 1.59. The van der Waals surface area contributed by atoms with E-state index >= 15 is 0 Å². The van der Waals surface area contributed by atoms with E-state index in [-0.39, 0.29) is 11.7 Å². The van der Waals surface area contributed by atoms with E-state index in [1.165, 1.54) is 12.1 Å². The summed E-state index contributed by atoms with van der Waals surface area (Å²) in [6.07, 6.45) is -1.12. The number of hydrogen-bond acceptors (Lipinski definition) is 5. The number of anilines is 4. The number of benzene rings is 2. The topological polar surface area (TPSA) is 61.3 Å². The normalized spacial score (nSPS) is 13.9. The summed E-state index contributed by atoms with van der Waals surface area (Å²) in [5.41, 5.74) is 1.52. The van der Waals surface area contributed by atoms with Crippen LogP contribution in [0.5, 0.6) is 5.75 Å². The van der Waals surface area contributed by atoms with Crippen LogP contribution < -0.4 is 10.2 Å². The van der Waals surface area contributed by atoms with E-state index in [0.29, 0.717) is 11.5 Å². The Morgan fingerprint density at radius 2 is 1.82 bits per heavy atom. The molecular formula is C20H17F3N4O. The first kappa shape index (κ1) is 18.1. The zero-order chi connectivity index (χ0) is 19.7. The van der Waals surface area contributed by atoms with Crippen LogP contribution in [0.1, 0.15) is 17.5 Å². The summed E-state index contributed by atoms with van der Waals surface area (Å²) < 4.78 is 38.1. The van der Waals surface area contributed by atoms with Gasteiger partial charge in [0.25, 0.3) is 0 Å². The van der Waals surface area contributed by atoms with E-state index in [1.54, 1.807) is 24.4 Å². The third-order valence-corrected chi connectivity index (χ3v) is 4.61. The Morgan fingerprint density at radius 1 is 1.04 bits per heavy atom. The van der Waals surface area contributed by atoms with Gasteiger partial charge in [0.1, 0.15) is 11.6 Å². The number of phenolic OH excluding ortho intramolecular Hbond substituents is 1. The molecule has 0 unspecified atom stereocenters. The van der Waals surface area contributed by atoms with Gasteiger partial charge in [-0.2, -0.15) is 18.2 Å². The number of aromatic hydroxyl groups is 1. The van der Waals surface area contributed by atoms with Gasteiger partial charge in [0.05, 0.1) is 5.56 Å². The van der Waals surface area contributed by atoms with Crippen LogP contribution in [0.2, 0.25) is 0 Å². The minimum Gasteiger partial charge on any atom is -0.508 e. The third-order valence-electron chi connectivity index (χ3n) is 4.61. The van der Waals surface area contributed by atoms with Gasteiger partial charge in [-0.15, -0.1) is 0 Å². The molecule has 0 bridgehead atoms. The maximum absolute atomic E-state index is 12.7. The van der Waals surface area contributed by atoms with E-state index in [2.05, 4.69) is 15.3 Å². The fourth-order valence-corrected chi connectivity index (χ4v) is 3.28. The summed E-state index contributed by atoms with van der Waals surface area (Å²) in [4.78, 5) is 10.6. The van der Waals surface area contributed by atoms with E-state index in [1.807, 2.05) is 11.0 Å². The number of nitrogens with zero attached hydrogens (tertiary/aromatic N) is 3. The van der Waals surface area contributed by atoms with Crippen molar-refractivity contribution in [3.05, 3.63) is 65.9 Å². The average molecular weight is 386 g/mol. The Kier molecular flexibility index (Phi) is 4.54. The minimum absolute atomic E-state index is 0.263. The summed E-state index contributed by atoms with van der Waals surface area (Å²) in [5.74, 6) is 1.19. The molecule has 1 aromatic heterocycles. The van der Waals surface area contributed by atoms with Gasteiger partial charge in [0.2, 0.25) is 5.95 Å². The number of halogens is 3. The second-order valence-electron chi connectivity index (χ2n) is 6.47. The summed E-state index contributed by atoms with van der Waals surface area (Å²) in [6.45, 7) is 0.743. The molecule has 0 amide bonds. The Morgan fingerprint density at radius 3 is 2.57 bits per heavy atom. The highest BCUT2D eigenvalue weighted by atomic mass is 19.4. The number of aromatic nitrogens is 2. The molecule has 0 saturated carbocycles. The number of phenols is 1. The second kappa shape index (κ2) is 7.03. The molecule has 0 aliphatic carbocycles. The average Bonchev–Trinajstić information content (AvgIpc) is 2.68. The van der Waals surface area contributed by atoms with Crippen molar-refractivity contribution in [2.45, 2.75) is 19.0 Å². The number of hydrogen-bond donors (Lipinski definition) is 2. The Hall–Kier alpha value is -3.29. The maximum atomic E-state index is 12.7. The SMILES string of the molecule is Oc1cccc2c1CCCN2c1ccnc(Nc2ccc(C(F)(F)F)cc2)n1. The molecule has 8 heteroatoms. The first-order valence-corrected chi connectivity index (χ1v) is 8.77. The van der Waals surface area contributed by atoms with Crippen LogP contribution in [-0.4, -0.2) is 21.6 Å². The predicted octanol–water partition coefficient (Wildman–Crippen LogP) is 5.03. The molecule has 0 saturated heterocycles. The van der Waals surface area contributed by atoms with Crippen LogP contribution in [-0.2, 0) is 12.6 Å². The largest absolute Gasteiger partial charge is 0.508 e. The molecular weight excluding hydrogens is 369 g/mol. The molecule has 1 aliphatic rings. The molecule has 0 spiro atoms. The highest BCUT2D eigenvalue weighted by Crippen LogP contribution is 2.37. The number of nitrogens with one attached hydrogen (secondary N) is 1. The van der Waals surface area contributed by atoms with Crippen molar-refractivity contribution in [2.24, 2.45) is 0 Å². The fourth-order valence-electron chi connectivity index (χ4n) is 3.28. The van der Waals surface area contributed by atoms with Crippen molar-refractivity contribution in [3.63, 3.8) is 0 Å². The van der Waals surface area contributed by atoms with Gasteiger partial charge in [0.15, 0.2) is 0 Å². The van der Waals surface area contributed by atoms with Crippen LogP contribution in [0.25, 0.3) is 0 Å². The van der Waals surface area contributed by atoms with Gasteiger partial charge < -0.3 is 15.3 Å². The molecule has 0 atom stereocenters. The van der Waals surface area contributed by atoms with Crippen molar-refractivity contribution >= 4 is 23.1 Å². The molecule has 0 radical (unpaired) electrons. The fraction of sp³-hybridized carbons (Fsp3) is 0.200. The summed E-state index contributed by atoms with van der Waals surface area (Å²) in [5, 5.41) is 13.0. The predicted molar refractivity (Wildman–Crippen MR) is 100 cm³/mol. The van der Waals surface area contributed by atoms with Gasteiger partial charge in [-0.3, -0.25) is 0 Å². The van der Waals surface area contributed by atoms with Crippen LogP contribution in [0.3, 0.4) is 0 Å². The van der Waals surface area contributed by atoms with Crippen molar-refractivity contribution in [1.29, 1.82) is 0 Å². The lowest BCUT2D eigenvalue weighted by atomic mass is 10.0. The quantitative estimate of drug-likeness (QED) is 0.661. The first-order chi connectivity index (χ1) is 13.4. The van der Waals surface area contributed by atoms with Crippen molar-refractivity contribution in [3.8, 4) is 5.75 Å². The lowest BCUT2D eigenvalue weighted by molar-refractivity contribution is -0.137. The summed E-state index contributed by atoms with van der Waals surface area (Å²) in [6, 6.07) is 11.8. The van der Waals surface area contributed by atoms with Gasteiger partial charge in [0, 0.05) is 29.7 Å². The Bertz CT molecular complexity index is 989. The first-order valence-electron chi connectivity index (χ1n) is 8.77. The van der Waals surface area contributed by atoms with Gasteiger partial charge >= 0.3 is 6.18 Å². The van der Waals surface area contributed by atoms with Crippen LogP contribution in [0.4, 0.5) is 36.3 Å². The lowest BCUT2D eigenvalue weighted by Crippen LogP contribution is -2.25. The summed E-state index contributed by atoms with van der Waals surface area (Å²) >= 11 is 0. The van der Waals surface area contributed by atoms with Gasteiger partial charge in [-0.25, -0.2) is 4.98 Å². The molecule has 0 fully saturated rings.